The lowest BCUT2D eigenvalue weighted by molar-refractivity contribution is -0.135. The smallest absolute Gasteiger partial charge is 0.330 e. The molecule has 1 fully saturated rings. The molecule has 16 heavy (non-hydrogen) atoms. The van der Waals surface area contributed by atoms with Crippen molar-refractivity contribution >= 4 is 23.4 Å². The minimum absolute atomic E-state index is 0.157. The zero-order valence-electron chi connectivity index (χ0n) is 8.69. The maximum Gasteiger partial charge on any atom is 0.330 e. The Kier molecular flexibility index (Phi) is 3.93. The predicted molar refractivity (Wildman–Crippen MR) is 52.3 cm³/mol. The highest BCUT2D eigenvalue weighted by Crippen LogP contribution is 2.10. The number of carbonyl (C=O) groups excluding carboxylic acids is 4. The average Bonchev–Trinajstić information content (AvgIpc) is 2.57. The van der Waals surface area contributed by atoms with E-state index < -0.39 is 17.9 Å². The number of nitrogens with one attached hydrogen (secondary N) is 1. The van der Waals surface area contributed by atoms with E-state index >= 15 is 0 Å². The topological polar surface area (TPSA) is 89.5 Å². The van der Waals surface area contributed by atoms with Crippen molar-refractivity contribution in [3.63, 3.8) is 0 Å². The first-order chi connectivity index (χ1) is 7.54. The molecular formula is C10H11NO5. The molecule has 0 bridgehead atoms. The quantitative estimate of drug-likeness (QED) is 0.383. The first kappa shape index (κ1) is 12.1. The number of hydrogen-bond acceptors (Lipinski definition) is 5. The van der Waals surface area contributed by atoms with E-state index in [9.17, 15) is 19.2 Å². The van der Waals surface area contributed by atoms with Gasteiger partial charge in [-0.1, -0.05) is 0 Å². The molecule has 6 nitrogen and oxygen atoms in total. The van der Waals surface area contributed by atoms with Crippen molar-refractivity contribution in [1.29, 1.82) is 0 Å². The number of ketones is 2. The van der Waals surface area contributed by atoms with Crippen LogP contribution in [-0.2, 0) is 23.9 Å². The van der Waals surface area contributed by atoms with Gasteiger partial charge in [0.2, 0.25) is 5.91 Å². The molecule has 0 aromatic carbocycles. The predicted octanol–water partition coefficient (Wildman–Crippen LogP) is -0.868. The number of methoxy groups -OCH3 is 1. The van der Waals surface area contributed by atoms with Crippen molar-refractivity contribution in [2.75, 3.05) is 7.11 Å². The van der Waals surface area contributed by atoms with Crippen molar-refractivity contribution in [1.82, 2.24) is 5.32 Å². The molecule has 86 valence electrons. The van der Waals surface area contributed by atoms with E-state index in [0.29, 0.717) is 0 Å². The summed E-state index contributed by atoms with van der Waals surface area (Å²) in [5.41, 5.74) is 0. The summed E-state index contributed by atoms with van der Waals surface area (Å²) in [6, 6.07) is -1.06. The fraction of sp³-hybridized carbons (Fsp3) is 0.400. The van der Waals surface area contributed by atoms with E-state index in [4.69, 9.17) is 0 Å². The molecule has 0 heterocycles. The normalized spacial score (nSPS) is 16.8. The van der Waals surface area contributed by atoms with Crippen LogP contribution in [0, 0.1) is 0 Å². The molecule has 0 atom stereocenters. The Bertz CT molecular complexity index is 355. The Labute approximate surface area is 91.6 Å². The third kappa shape index (κ3) is 3.01. The highest BCUT2D eigenvalue weighted by Gasteiger charge is 2.33. The molecule has 1 rings (SSSR count). The van der Waals surface area contributed by atoms with Gasteiger partial charge in [-0.05, 0) is 0 Å². The summed E-state index contributed by atoms with van der Waals surface area (Å²) < 4.78 is 4.27. The maximum absolute atomic E-state index is 11.2. The molecule has 1 N–H and O–H groups in total. The van der Waals surface area contributed by atoms with Crippen molar-refractivity contribution in [3.05, 3.63) is 12.2 Å². The fourth-order valence-corrected chi connectivity index (χ4v) is 1.28. The van der Waals surface area contributed by atoms with Crippen LogP contribution in [0.5, 0.6) is 0 Å². The second-order valence-electron chi connectivity index (χ2n) is 3.23. The van der Waals surface area contributed by atoms with Crippen LogP contribution in [-0.4, -0.2) is 36.6 Å². The molecule has 0 radical (unpaired) electrons. The monoisotopic (exact) mass is 225 g/mol. The van der Waals surface area contributed by atoms with Crippen molar-refractivity contribution in [3.8, 4) is 0 Å². The fourth-order valence-electron chi connectivity index (χ4n) is 1.28. The van der Waals surface area contributed by atoms with Crippen LogP contribution in [0.15, 0.2) is 12.2 Å². The van der Waals surface area contributed by atoms with Crippen LogP contribution >= 0.6 is 0 Å². The summed E-state index contributed by atoms with van der Waals surface area (Å²) in [5, 5.41) is 2.23. The van der Waals surface area contributed by atoms with E-state index in [-0.39, 0.29) is 24.4 Å². The van der Waals surface area contributed by atoms with Gasteiger partial charge >= 0.3 is 5.97 Å². The highest BCUT2D eigenvalue weighted by molar-refractivity contribution is 6.14. The van der Waals surface area contributed by atoms with Crippen LogP contribution in [0.3, 0.4) is 0 Å². The van der Waals surface area contributed by atoms with Gasteiger partial charge in [-0.25, -0.2) is 4.79 Å². The highest BCUT2D eigenvalue weighted by atomic mass is 16.5. The van der Waals surface area contributed by atoms with Crippen LogP contribution in [0.4, 0.5) is 0 Å². The SMILES string of the molecule is COC(=O)C=CC(=O)NC1C(=O)CCC1=O. The van der Waals surface area contributed by atoms with Gasteiger partial charge in [0.25, 0.3) is 0 Å². The Morgan fingerprint density at radius 2 is 1.81 bits per heavy atom. The standard InChI is InChI=1S/C10H11NO5/c1-16-9(15)5-4-8(14)11-10-6(12)2-3-7(10)13/h4-5,10H,2-3H2,1H3,(H,11,14). The summed E-state index contributed by atoms with van der Waals surface area (Å²) in [5.74, 6) is -1.95. The number of esters is 1. The van der Waals surface area contributed by atoms with Gasteiger partial charge in [0.1, 0.15) is 6.04 Å². The van der Waals surface area contributed by atoms with Gasteiger partial charge in [-0.15, -0.1) is 0 Å². The maximum atomic E-state index is 11.2. The van der Waals surface area contributed by atoms with Gasteiger partial charge in [0.15, 0.2) is 11.6 Å². The van der Waals surface area contributed by atoms with Crippen molar-refractivity contribution in [2.24, 2.45) is 0 Å². The summed E-state index contributed by atoms with van der Waals surface area (Å²) in [7, 11) is 1.18. The van der Waals surface area contributed by atoms with Gasteiger partial charge in [-0.2, -0.15) is 0 Å². The number of Topliss-reactive ketones (excluding diaryl/α,β-unsaturated/α-hetero) is 2. The Morgan fingerprint density at radius 1 is 1.25 bits per heavy atom. The molecule has 0 aromatic heterocycles. The number of hydrogen-bond donors (Lipinski definition) is 1. The van der Waals surface area contributed by atoms with E-state index in [1.165, 1.54) is 7.11 Å². The zero-order valence-corrected chi connectivity index (χ0v) is 8.69. The first-order valence-electron chi connectivity index (χ1n) is 4.66. The van der Waals surface area contributed by atoms with Gasteiger partial charge in [-0.3, -0.25) is 14.4 Å². The number of carbonyl (C=O) groups is 4. The third-order valence-electron chi connectivity index (χ3n) is 2.12. The molecule has 1 aliphatic rings. The van der Waals surface area contributed by atoms with Gasteiger partial charge in [0.05, 0.1) is 7.11 Å². The number of amides is 1. The van der Waals surface area contributed by atoms with E-state index in [1.807, 2.05) is 0 Å². The molecule has 1 aliphatic carbocycles. The Balaban J connectivity index is 2.51. The van der Waals surface area contributed by atoms with Gasteiger partial charge in [0, 0.05) is 25.0 Å². The Hall–Kier alpha value is -1.98. The molecule has 1 saturated carbocycles. The van der Waals surface area contributed by atoms with Crippen LogP contribution in [0.1, 0.15) is 12.8 Å². The van der Waals surface area contributed by atoms with E-state index in [0.717, 1.165) is 12.2 Å². The second-order valence-corrected chi connectivity index (χ2v) is 3.23. The van der Waals surface area contributed by atoms with Gasteiger partial charge < -0.3 is 10.1 Å². The van der Waals surface area contributed by atoms with Crippen molar-refractivity contribution < 1.29 is 23.9 Å². The first-order valence-corrected chi connectivity index (χ1v) is 4.66. The average molecular weight is 225 g/mol. The largest absolute Gasteiger partial charge is 0.466 e. The van der Waals surface area contributed by atoms with Crippen molar-refractivity contribution in [2.45, 2.75) is 18.9 Å². The van der Waals surface area contributed by atoms with Crippen LogP contribution < -0.4 is 5.32 Å². The summed E-state index contributed by atoms with van der Waals surface area (Å²) >= 11 is 0. The molecule has 0 spiro atoms. The van der Waals surface area contributed by atoms with E-state index in [1.54, 1.807) is 0 Å². The van der Waals surface area contributed by atoms with E-state index in [2.05, 4.69) is 10.1 Å². The number of rotatable bonds is 3. The molecule has 0 aliphatic heterocycles. The lowest BCUT2D eigenvalue weighted by atomic mass is 10.2. The second kappa shape index (κ2) is 5.20. The molecule has 1 amide bonds. The third-order valence-corrected chi connectivity index (χ3v) is 2.12. The minimum atomic E-state index is -1.06. The molecular weight excluding hydrogens is 214 g/mol. The zero-order chi connectivity index (χ0) is 12.1. The summed E-state index contributed by atoms with van der Waals surface area (Å²) in [4.78, 5) is 44.2. The molecule has 0 saturated heterocycles. The Morgan fingerprint density at radius 3 is 2.31 bits per heavy atom. The molecule has 0 aromatic rings. The molecule has 6 heteroatoms. The summed E-state index contributed by atoms with van der Waals surface area (Å²) in [6.07, 6.45) is 2.15. The lowest BCUT2D eigenvalue weighted by Crippen LogP contribution is -2.41. The summed E-state index contributed by atoms with van der Waals surface area (Å²) in [6.45, 7) is 0. The van der Waals surface area contributed by atoms with Crippen LogP contribution in [0.25, 0.3) is 0 Å². The van der Waals surface area contributed by atoms with Crippen LogP contribution in [0.2, 0.25) is 0 Å². The minimum Gasteiger partial charge on any atom is -0.466 e. The molecule has 0 unspecified atom stereocenters. The lowest BCUT2D eigenvalue weighted by Gasteiger charge is -2.06. The number of ether oxygens (including phenoxy) is 1.